The highest BCUT2D eigenvalue weighted by Crippen LogP contribution is 2.19. The van der Waals surface area contributed by atoms with Crippen LogP contribution in [0.1, 0.15) is 15.9 Å². The number of ether oxygens (including phenoxy) is 1. The van der Waals surface area contributed by atoms with Gasteiger partial charge in [0.1, 0.15) is 6.07 Å². The number of hydrogen-bond donors (Lipinski definition) is 0. The SMILES string of the molecule is COC(=O)c1cccc(Br)c1C#N. The van der Waals surface area contributed by atoms with E-state index in [0.717, 1.165) is 0 Å². The summed E-state index contributed by atoms with van der Waals surface area (Å²) >= 11 is 3.17. The van der Waals surface area contributed by atoms with E-state index in [0.29, 0.717) is 10.0 Å². The van der Waals surface area contributed by atoms with Gasteiger partial charge in [0, 0.05) is 4.47 Å². The maximum absolute atomic E-state index is 11.2. The summed E-state index contributed by atoms with van der Waals surface area (Å²) in [4.78, 5) is 11.2. The summed E-state index contributed by atoms with van der Waals surface area (Å²) in [5, 5.41) is 8.76. The van der Waals surface area contributed by atoms with Crippen molar-refractivity contribution in [1.29, 1.82) is 5.26 Å². The highest BCUT2D eigenvalue weighted by molar-refractivity contribution is 9.10. The van der Waals surface area contributed by atoms with Crippen molar-refractivity contribution in [2.75, 3.05) is 7.11 Å². The third-order valence-corrected chi connectivity index (χ3v) is 2.19. The fraction of sp³-hybridized carbons (Fsp3) is 0.111. The number of rotatable bonds is 1. The molecule has 1 rings (SSSR count). The zero-order chi connectivity index (χ0) is 9.84. The van der Waals surface area contributed by atoms with Crippen molar-refractivity contribution in [2.45, 2.75) is 0 Å². The van der Waals surface area contributed by atoms with E-state index in [4.69, 9.17) is 5.26 Å². The van der Waals surface area contributed by atoms with Gasteiger partial charge in [0.15, 0.2) is 0 Å². The van der Waals surface area contributed by atoms with E-state index in [1.807, 2.05) is 6.07 Å². The average molecular weight is 240 g/mol. The Morgan fingerprint density at radius 3 is 2.85 bits per heavy atom. The molecule has 0 saturated carbocycles. The molecule has 1 aromatic rings. The second-order valence-electron chi connectivity index (χ2n) is 2.27. The first kappa shape index (κ1) is 9.75. The molecule has 0 radical (unpaired) electrons. The lowest BCUT2D eigenvalue weighted by atomic mass is 10.1. The number of esters is 1. The minimum absolute atomic E-state index is 0.277. The van der Waals surface area contributed by atoms with Crippen LogP contribution in [0.15, 0.2) is 22.7 Å². The van der Waals surface area contributed by atoms with E-state index in [1.165, 1.54) is 7.11 Å². The van der Waals surface area contributed by atoms with E-state index in [2.05, 4.69) is 20.7 Å². The number of nitriles is 1. The van der Waals surface area contributed by atoms with Crippen LogP contribution in [0, 0.1) is 11.3 Å². The molecule has 0 saturated heterocycles. The van der Waals surface area contributed by atoms with Crippen LogP contribution in [0.5, 0.6) is 0 Å². The second-order valence-corrected chi connectivity index (χ2v) is 3.12. The molecule has 0 aliphatic heterocycles. The first-order valence-corrected chi connectivity index (χ1v) is 4.27. The normalized spacial score (nSPS) is 9.00. The smallest absolute Gasteiger partial charge is 0.339 e. The van der Waals surface area contributed by atoms with Gasteiger partial charge in [-0.25, -0.2) is 4.79 Å². The Kier molecular flexibility index (Phi) is 3.04. The van der Waals surface area contributed by atoms with Crippen molar-refractivity contribution >= 4 is 21.9 Å². The predicted octanol–water partition coefficient (Wildman–Crippen LogP) is 2.11. The van der Waals surface area contributed by atoms with E-state index in [1.54, 1.807) is 18.2 Å². The second kappa shape index (κ2) is 4.06. The summed E-state index contributed by atoms with van der Waals surface area (Å²) < 4.78 is 5.12. The number of nitrogens with zero attached hydrogens (tertiary/aromatic N) is 1. The largest absolute Gasteiger partial charge is 0.465 e. The molecular formula is C9H6BrNO2. The summed E-state index contributed by atoms with van der Waals surface area (Å²) in [6.45, 7) is 0. The van der Waals surface area contributed by atoms with Gasteiger partial charge < -0.3 is 4.74 Å². The summed E-state index contributed by atoms with van der Waals surface area (Å²) in [5.74, 6) is -0.502. The molecule has 0 heterocycles. The maximum Gasteiger partial charge on any atom is 0.339 e. The van der Waals surface area contributed by atoms with Gasteiger partial charge in [-0.15, -0.1) is 0 Å². The number of carbonyl (C=O) groups is 1. The third-order valence-electron chi connectivity index (χ3n) is 1.53. The van der Waals surface area contributed by atoms with E-state index in [9.17, 15) is 4.79 Å². The van der Waals surface area contributed by atoms with Crippen molar-refractivity contribution < 1.29 is 9.53 Å². The van der Waals surface area contributed by atoms with Crippen molar-refractivity contribution in [1.82, 2.24) is 0 Å². The predicted molar refractivity (Wildman–Crippen MR) is 50.2 cm³/mol. The molecule has 0 aromatic heterocycles. The maximum atomic E-state index is 11.2. The van der Waals surface area contributed by atoms with Crippen LogP contribution in [-0.4, -0.2) is 13.1 Å². The number of methoxy groups -OCH3 is 1. The van der Waals surface area contributed by atoms with Crippen LogP contribution in [0.25, 0.3) is 0 Å². The summed E-state index contributed by atoms with van der Waals surface area (Å²) in [7, 11) is 1.28. The van der Waals surface area contributed by atoms with Crippen molar-refractivity contribution in [3.63, 3.8) is 0 Å². The zero-order valence-electron chi connectivity index (χ0n) is 6.87. The fourth-order valence-electron chi connectivity index (χ4n) is 0.918. The topological polar surface area (TPSA) is 50.1 Å². The molecule has 0 fully saturated rings. The molecule has 0 spiro atoms. The van der Waals surface area contributed by atoms with Crippen LogP contribution >= 0.6 is 15.9 Å². The average Bonchev–Trinajstić information content (AvgIpc) is 2.16. The lowest BCUT2D eigenvalue weighted by molar-refractivity contribution is 0.0600. The van der Waals surface area contributed by atoms with Crippen molar-refractivity contribution in [3.05, 3.63) is 33.8 Å². The summed E-state index contributed by atoms with van der Waals surface area (Å²) in [5.41, 5.74) is 0.578. The molecule has 1 aromatic carbocycles. The van der Waals surface area contributed by atoms with E-state index in [-0.39, 0.29) is 5.56 Å². The molecule has 0 amide bonds. The standard InChI is InChI=1S/C9H6BrNO2/c1-13-9(12)6-3-2-4-8(10)7(6)5-11/h2-4H,1H3. The van der Waals surface area contributed by atoms with Gasteiger partial charge >= 0.3 is 5.97 Å². The lowest BCUT2D eigenvalue weighted by Gasteiger charge is -2.02. The van der Waals surface area contributed by atoms with E-state index >= 15 is 0 Å². The van der Waals surface area contributed by atoms with Crippen LogP contribution in [0.4, 0.5) is 0 Å². The fourth-order valence-corrected chi connectivity index (χ4v) is 1.37. The number of hydrogen-bond acceptors (Lipinski definition) is 3. The molecule has 66 valence electrons. The van der Waals surface area contributed by atoms with Crippen LogP contribution in [0.2, 0.25) is 0 Å². The Morgan fingerprint density at radius 1 is 1.62 bits per heavy atom. The van der Waals surface area contributed by atoms with Gasteiger partial charge in [-0.2, -0.15) is 5.26 Å². The van der Waals surface area contributed by atoms with Gasteiger partial charge in [-0.1, -0.05) is 6.07 Å². The molecule has 0 N–H and O–H groups in total. The molecule has 0 bridgehead atoms. The number of halogens is 1. The minimum Gasteiger partial charge on any atom is -0.465 e. The monoisotopic (exact) mass is 239 g/mol. The molecule has 0 unspecified atom stereocenters. The van der Waals surface area contributed by atoms with Crippen LogP contribution in [-0.2, 0) is 4.74 Å². The summed E-state index contributed by atoms with van der Waals surface area (Å²) in [6, 6.07) is 6.86. The quantitative estimate of drug-likeness (QED) is 0.706. The van der Waals surface area contributed by atoms with Gasteiger partial charge in [0.2, 0.25) is 0 Å². The Hall–Kier alpha value is -1.34. The van der Waals surface area contributed by atoms with Gasteiger partial charge in [0.25, 0.3) is 0 Å². The number of benzene rings is 1. The molecule has 4 heteroatoms. The van der Waals surface area contributed by atoms with Gasteiger partial charge in [-0.3, -0.25) is 0 Å². The Morgan fingerprint density at radius 2 is 2.31 bits per heavy atom. The first-order valence-electron chi connectivity index (χ1n) is 3.47. The molecule has 13 heavy (non-hydrogen) atoms. The molecule has 0 atom stereocenters. The third kappa shape index (κ3) is 1.87. The van der Waals surface area contributed by atoms with Crippen molar-refractivity contribution in [2.24, 2.45) is 0 Å². The molecule has 0 aliphatic carbocycles. The zero-order valence-corrected chi connectivity index (χ0v) is 8.46. The Bertz CT molecular complexity index is 382. The molecule has 0 aliphatic rings. The highest BCUT2D eigenvalue weighted by Gasteiger charge is 2.13. The Balaban J connectivity index is 3.30. The van der Waals surface area contributed by atoms with Crippen LogP contribution in [0.3, 0.4) is 0 Å². The van der Waals surface area contributed by atoms with Gasteiger partial charge in [-0.05, 0) is 28.1 Å². The van der Waals surface area contributed by atoms with Crippen LogP contribution < -0.4 is 0 Å². The van der Waals surface area contributed by atoms with E-state index < -0.39 is 5.97 Å². The first-order chi connectivity index (χ1) is 6.20. The van der Waals surface area contributed by atoms with Crippen molar-refractivity contribution in [3.8, 4) is 6.07 Å². The molecular weight excluding hydrogens is 234 g/mol. The Labute approximate surface area is 84.1 Å². The van der Waals surface area contributed by atoms with Gasteiger partial charge in [0.05, 0.1) is 18.2 Å². The molecule has 3 nitrogen and oxygen atoms in total. The summed E-state index contributed by atoms with van der Waals surface area (Å²) in [6.07, 6.45) is 0. The lowest BCUT2D eigenvalue weighted by Crippen LogP contribution is -2.04. The minimum atomic E-state index is -0.502. The highest BCUT2D eigenvalue weighted by atomic mass is 79.9. The number of carbonyl (C=O) groups excluding carboxylic acids is 1.